The molecule has 44 heavy (non-hydrogen) atoms. The third kappa shape index (κ3) is 4.65. The van der Waals surface area contributed by atoms with E-state index < -0.39 is 0 Å². The molecule has 1 saturated heterocycles. The Kier molecular flexibility index (Phi) is 7.33. The van der Waals surface area contributed by atoms with E-state index in [1.807, 2.05) is 0 Å². The summed E-state index contributed by atoms with van der Waals surface area (Å²) in [5.41, 5.74) is 10.0. The molecule has 0 saturated carbocycles. The van der Waals surface area contributed by atoms with E-state index >= 15 is 0 Å². The van der Waals surface area contributed by atoms with Crippen LogP contribution in [0.1, 0.15) is 82.9 Å². The molecule has 0 bridgehead atoms. The molecule has 1 fully saturated rings. The minimum absolute atomic E-state index is 0.0131. The SMILES string of the molecule is CCCCN1/C(=C/C=C2\CCC(/C=C/C3=Nc4ccc5ccccc5c4C3(C)C)=C2Cl)C(C)(C)C2c3ccccc3C=CC21. The second-order valence-corrected chi connectivity index (χ2v) is 14.3. The summed E-state index contributed by atoms with van der Waals surface area (Å²) >= 11 is 7.10. The predicted octanol–water partition coefficient (Wildman–Crippen LogP) is 11.2. The van der Waals surface area contributed by atoms with Crippen LogP contribution in [0.2, 0.25) is 0 Å². The van der Waals surface area contributed by atoms with E-state index in [-0.39, 0.29) is 10.8 Å². The van der Waals surface area contributed by atoms with Crippen molar-refractivity contribution in [3.8, 4) is 0 Å². The zero-order valence-corrected chi connectivity index (χ0v) is 27.5. The molecule has 7 rings (SSSR count). The largest absolute Gasteiger partial charge is 0.367 e. The van der Waals surface area contributed by atoms with Gasteiger partial charge in [-0.05, 0) is 76.1 Å². The summed E-state index contributed by atoms with van der Waals surface area (Å²) in [5.74, 6) is 0.440. The highest BCUT2D eigenvalue weighted by Gasteiger charge is 2.51. The topological polar surface area (TPSA) is 15.6 Å². The van der Waals surface area contributed by atoms with Gasteiger partial charge in [0, 0.05) is 34.0 Å². The number of halogens is 1. The van der Waals surface area contributed by atoms with Crippen molar-refractivity contribution in [3.63, 3.8) is 0 Å². The molecule has 4 aliphatic rings. The fourth-order valence-corrected chi connectivity index (χ4v) is 8.48. The Morgan fingerprint density at radius 1 is 0.932 bits per heavy atom. The number of aliphatic imine (C=N–C) groups is 1. The average molecular weight is 599 g/mol. The maximum absolute atomic E-state index is 7.10. The van der Waals surface area contributed by atoms with Gasteiger partial charge in [0.25, 0.3) is 0 Å². The number of allylic oxidation sites excluding steroid dienone is 8. The third-order valence-corrected chi connectivity index (χ3v) is 11.0. The molecule has 2 nitrogen and oxygen atoms in total. The lowest BCUT2D eigenvalue weighted by Crippen LogP contribution is -2.32. The summed E-state index contributed by atoms with van der Waals surface area (Å²) < 4.78 is 0. The number of nitrogens with zero attached hydrogens (tertiary/aromatic N) is 2. The van der Waals surface area contributed by atoms with Crippen molar-refractivity contribution in [2.24, 2.45) is 10.4 Å². The van der Waals surface area contributed by atoms with Crippen molar-refractivity contribution in [2.75, 3.05) is 6.54 Å². The zero-order chi connectivity index (χ0) is 30.6. The number of fused-ring (bicyclic) bond motifs is 6. The van der Waals surface area contributed by atoms with Crippen LogP contribution in [0.25, 0.3) is 16.8 Å². The Bertz CT molecular complexity index is 1830. The van der Waals surface area contributed by atoms with Gasteiger partial charge >= 0.3 is 0 Å². The van der Waals surface area contributed by atoms with E-state index in [0.717, 1.165) is 35.8 Å². The van der Waals surface area contributed by atoms with Crippen molar-refractivity contribution in [1.29, 1.82) is 0 Å². The molecule has 0 N–H and O–H groups in total. The first kappa shape index (κ1) is 29.1. The normalized spacial score (nSPS) is 25.0. The van der Waals surface area contributed by atoms with Gasteiger partial charge in [-0.25, -0.2) is 0 Å². The Balaban J connectivity index is 1.18. The Morgan fingerprint density at radius 3 is 2.57 bits per heavy atom. The van der Waals surface area contributed by atoms with E-state index in [2.05, 4.69) is 137 Å². The highest BCUT2D eigenvalue weighted by molar-refractivity contribution is 6.33. The quantitative estimate of drug-likeness (QED) is 0.275. The van der Waals surface area contributed by atoms with Crippen LogP contribution < -0.4 is 0 Å². The number of unbranched alkanes of at least 4 members (excludes halogenated alkanes) is 1. The van der Waals surface area contributed by atoms with Crippen molar-refractivity contribution >= 4 is 39.8 Å². The van der Waals surface area contributed by atoms with Gasteiger partial charge < -0.3 is 4.90 Å². The summed E-state index contributed by atoms with van der Waals surface area (Å²) in [7, 11) is 0. The first-order chi connectivity index (χ1) is 21.2. The Labute approximate surface area is 268 Å². The molecule has 0 radical (unpaired) electrons. The van der Waals surface area contributed by atoms with E-state index in [1.54, 1.807) is 0 Å². The standard InChI is InChI=1S/C41H43ClN2/c1-6-7-26-44-34-23-19-28-13-9-11-15-32(28)38(34)41(4,5)36(44)25-21-30-17-16-29(39(30)42)20-24-35-40(2,3)37-31-14-10-8-12-27(31)18-22-33(37)43-35/h8-15,18-25,34,38H,6-7,16-17,26H2,1-5H3/b24-20+,30-21+,36-25+. The van der Waals surface area contributed by atoms with E-state index in [0.29, 0.717) is 12.0 Å². The van der Waals surface area contributed by atoms with Gasteiger partial charge in [0.15, 0.2) is 0 Å². The van der Waals surface area contributed by atoms with Crippen molar-refractivity contribution in [1.82, 2.24) is 4.90 Å². The van der Waals surface area contributed by atoms with Crippen LogP contribution in [-0.4, -0.2) is 23.2 Å². The average Bonchev–Trinajstić information content (AvgIpc) is 3.58. The molecule has 2 aliphatic heterocycles. The Hall–Kier alpha value is -3.62. The fourth-order valence-electron chi connectivity index (χ4n) is 8.16. The van der Waals surface area contributed by atoms with Gasteiger partial charge in [0.2, 0.25) is 0 Å². The molecule has 3 aromatic rings. The van der Waals surface area contributed by atoms with E-state index in [9.17, 15) is 0 Å². The highest BCUT2D eigenvalue weighted by Crippen LogP contribution is 2.56. The minimum Gasteiger partial charge on any atom is -0.367 e. The lowest BCUT2D eigenvalue weighted by atomic mass is 9.70. The van der Waals surface area contributed by atoms with Gasteiger partial charge in [-0.1, -0.05) is 132 Å². The number of rotatable bonds is 6. The monoisotopic (exact) mass is 598 g/mol. The van der Waals surface area contributed by atoms with Crippen LogP contribution in [-0.2, 0) is 5.41 Å². The maximum atomic E-state index is 7.10. The molecular formula is C41H43ClN2. The van der Waals surface area contributed by atoms with Crippen LogP contribution in [0.4, 0.5) is 5.69 Å². The summed E-state index contributed by atoms with van der Waals surface area (Å²) in [6, 6.07) is 22.3. The molecule has 0 aromatic heterocycles. The van der Waals surface area contributed by atoms with E-state index in [1.165, 1.54) is 57.1 Å². The minimum atomic E-state index is -0.165. The lowest BCUT2D eigenvalue weighted by Gasteiger charge is -2.32. The molecular weight excluding hydrogens is 556 g/mol. The fraction of sp³-hybridized carbons (Fsp3) is 0.341. The van der Waals surface area contributed by atoms with Crippen LogP contribution in [0.5, 0.6) is 0 Å². The molecule has 3 heteroatoms. The molecule has 0 amide bonds. The third-order valence-electron chi connectivity index (χ3n) is 10.5. The molecule has 3 aromatic carbocycles. The molecule has 2 aliphatic carbocycles. The predicted molar refractivity (Wildman–Crippen MR) is 189 cm³/mol. The lowest BCUT2D eigenvalue weighted by molar-refractivity contribution is 0.316. The summed E-state index contributed by atoms with van der Waals surface area (Å²) in [5, 5.41) is 3.46. The molecule has 2 unspecified atom stereocenters. The number of likely N-dealkylation sites (tertiary alicyclic amines) is 1. The van der Waals surface area contributed by atoms with E-state index in [4.69, 9.17) is 16.6 Å². The van der Waals surface area contributed by atoms with Gasteiger partial charge in [-0.15, -0.1) is 0 Å². The van der Waals surface area contributed by atoms with Crippen LogP contribution in [0.15, 0.2) is 118 Å². The van der Waals surface area contributed by atoms with Crippen LogP contribution in [0.3, 0.4) is 0 Å². The maximum Gasteiger partial charge on any atom is 0.0681 e. The van der Waals surface area contributed by atoms with Gasteiger partial charge in [-0.3, -0.25) is 4.99 Å². The molecule has 2 atom stereocenters. The first-order valence-electron chi connectivity index (χ1n) is 16.4. The number of benzene rings is 3. The van der Waals surface area contributed by atoms with Crippen LogP contribution >= 0.6 is 11.6 Å². The zero-order valence-electron chi connectivity index (χ0n) is 26.7. The molecule has 0 spiro atoms. The van der Waals surface area contributed by atoms with Crippen molar-refractivity contribution < 1.29 is 0 Å². The summed E-state index contributed by atoms with van der Waals surface area (Å²) in [6.07, 6.45) is 18.2. The number of hydrogen-bond donors (Lipinski definition) is 0. The highest BCUT2D eigenvalue weighted by atomic mass is 35.5. The summed E-state index contributed by atoms with van der Waals surface area (Å²) in [4.78, 5) is 7.75. The van der Waals surface area contributed by atoms with Crippen molar-refractivity contribution in [2.45, 2.75) is 77.7 Å². The van der Waals surface area contributed by atoms with Crippen LogP contribution in [0, 0.1) is 5.41 Å². The van der Waals surface area contributed by atoms with Gasteiger partial charge in [-0.2, -0.15) is 0 Å². The summed E-state index contributed by atoms with van der Waals surface area (Å²) in [6.45, 7) is 12.8. The second kappa shape index (κ2) is 11.1. The Morgan fingerprint density at radius 2 is 1.73 bits per heavy atom. The second-order valence-electron chi connectivity index (χ2n) is 13.9. The first-order valence-corrected chi connectivity index (χ1v) is 16.7. The van der Waals surface area contributed by atoms with Gasteiger partial charge in [0.1, 0.15) is 0 Å². The number of hydrogen-bond acceptors (Lipinski definition) is 2. The molecule has 2 heterocycles. The van der Waals surface area contributed by atoms with Gasteiger partial charge in [0.05, 0.1) is 17.4 Å². The smallest absolute Gasteiger partial charge is 0.0681 e. The molecule has 224 valence electrons. The van der Waals surface area contributed by atoms with Crippen molar-refractivity contribution in [3.05, 3.63) is 130 Å².